The second-order valence-corrected chi connectivity index (χ2v) is 22.6. The van der Waals surface area contributed by atoms with E-state index in [1.54, 1.807) is 19.0 Å². The number of hydrogen-bond acceptors (Lipinski definition) is 10. The second-order valence-electron chi connectivity index (χ2n) is 22.6. The molecule has 2 rings (SSSR count). The van der Waals surface area contributed by atoms with Gasteiger partial charge in [0.15, 0.2) is 0 Å². The van der Waals surface area contributed by atoms with Crippen molar-refractivity contribution < 1.29 is 19.1 Å². The first-order chi connectivity index (χ1) is 35.1. The van der Waals surface area contributed by atoms with Gasteiger partial charge in [-0.15, -0.1) is 0 Å². The second kappa shape index (κ2) is 44.8. The Morgan fingerprint density at radius 3 is 1.29 bits per heavy atom. The molecule has 10 nitrogen and oxygen atoms in total. The minimum Gasteiger partial charge on any atom is -0.465 e. The first-order valence-corrected chi connectivity index (χ1v) is 31.2. The average molecular weight is 1010 g/mol. The van der Waals surface area contributed by atoms with Crippen LogP contribution in [0, 0.1) is 11.8 Å². The zero-order chi connectivity index (χ0) is 52.3. The van der Waals surface area contributed by atoms with Gasteiger partial charge in [0, 0.05) is 59.2 Å². The summed E-state index contributed by atoms with van der Waals surface area (Å²) >= 11 is 0. The molecule has 0 aromatic heterocycles. The molecule has 10 heteroatoms. The summed E-state index contributed by atoms with van der Waals surface area (Å²) in [7, 11) is 3.61. The van der Waals surface area contributed by atoms with Crippen LogP contribution in [-0.2, 0) is 19.1 Å². The lowest BCUT2D eigenvalue weighted by Crippen LogP contribution is -2.46. The van der Waals surface area contributed by atoms with Crippen molar-refractivity contribution in [3.8, 4) is 0 Å². The monoisotopic (exact) mass is 1010 g/mol. The lowest BCUT2D eigenvalue weighted by molar-refractivity contribution is -0.146. The zero-order valence-electron chi connectivity index (χ0n) is 48.3. The van der Waals surface area contributed by atoms with Crippen molar-refractivity contribution in [3.63, 3.8) is 0 Å². The summed E-state index contributed by atoms with van der Waals surface area (Å²) in [5.41, 5.74) is 0.0677. The zero-order valence-corrected chi connectivity index (χ0v) is 48.3. The van der Waals surface area contributed by atoms with Crippen LogP contribution < -0.4 is 21.1 Å². The number of ether oxygens (including phenoxy) is 2. The molecule has 1 saturated carbocycles. The Labute approximate surface area is 443 Å². The van der Waals surface area contributed by atoms with E-state index in [4.69, 9.17) is 9.47 Å². The highest BCUT2D eigenvalue weighted by Gasteiger charge is 2.26. The van der Waals surface area contributed by atoms with Gasteiger partial charge in [-0.05, 0) is 89.1 Å². The van der Waals surface area contributed by atoms with Crippen molar-refractivity contribution in [3.05, 3.63) is 20.4 Å². The van der Waals surface area contributed by atoms with Gasteiger partial charge in [-0.25, -0.2) is 0 Å². The van der Waals surface area contributed by atoms with Crippen molar-refractivity contribution in [2.75, 3.05) is 76.8 Å². The van der Waals surface area contributed by atoms with Crippen molar-refractivity contribution in [2.45, 2.75) is 284 Å². The van der Waals surface area contributed by atoms with Gasteiger partial charge >= 0.3 is 11.9 Å². The maximum absolute atomic E-state index is 13.0. The van der Waals surface area contributed by atoms with E-state index in [0.717, 1.165) is 71.2 Å². The Bertz CT molecular complexity index is 1470. The Morgan fingerprint density at radius 2 is 0.889 bits per heavy atom. The molecule has 0 aliphatic heterocycles. The van der Waals surface area contributed by atoms with Crippen LogP contribution in [0.4, 0.5) is 11.4 Å². The van der Waals surface area contributed by atoms with Crippen LogP contribution in [0.1, 0.15) is 278 Å². The number of hydrogen-bond donors (Lipinski definition) is 1. The van der Waals surface area contributed by atoms with Gasteiger partial charge in [0.1, 0.15) is 11.4 Å². The minimum absolute atomic E-state index is 0.0180. The van der Waals surface area contributed by atoms with E-state index in [0.29, 0.717) is 61.9 Å². The number of anilines is 2. The SMILES string of the molecule is CCCCCCCCC(CCCCCCCC)COC(=O)CCCCCN(CCNc1c(N(C)C)c(=O)c1=O)CCN(CCCCCC(=O)OCC(CCCCCCCC)CCCCCCCC)C1CCC1. The lowest BCUT2D eigenvalue weighted by Gasteiger charge is -2.39. The Kier molecular flexibility index (Phi) is 40.9. The quantitative estimate of drug-likeness (QED) is 0.0385. The topological polar surface area (TPSA) is 108 Å². The van der Waals surface area contributed by atoms with Crippen LogP contribution in [0.5, 0.6) is 0 Å². The first-order valence-electron chi connectivity index (χ1n) is 31.2. The highest BCUT2D eigenvalue weighted by atomic mass is 16.5. The van der Waals surface area contributed by atoms with E-state index in [-0.39, 0.29) is 11.9 Å². The molecule has 0 bridgehead atoms. The molecule has 1 fully saturated rings. The van der Waals surface area contributed by atoms with E-state index >= 15 is 0 Å². The van der Waals surface area contributed by atoms with Crippen LogP contribution in [0.3, 0.4) is 0 Å². The van der Waals surface area contributed by atoms with Crippen LogP contribution in [0.2, 0.25) is 0 Å². The molecule has 0 amide bonds. The molecule has 1 aromatic carbocycles. The number of carbonyl (C=O) groups excluding carboxylic acids is 2. The molecule has 0 radical (unpaired) electrons. The standard InChI is InChI=1S/C62H116N4O6/c1-7-11-15-19-23-29-38-54(39-30-24-20-16-12-8-2)52-71-57(67)44-33-27-35-47-65(49-46-63-59-60(64(5)6)62(70)61(59)69)50-51-66(56-42-37-43-56)48-36-28-34-45-58(68)72-53-55(40-31-25-21-17-13-9-3)41-32-26-22-18-14-10-4/h54-56,63H,7-53H2,1-6H3. The molecule has 1 N–H and O–H groups in total. The van der Waals surface area contributed by atoms with Gasteiger partial charge in [0.25, 0.3) is 10.9 Å². The number of nitrogens with one attached hydrogen (secondary N) is 1. The number of nitrogens with zero attached hydrogens (tertiary/aromatic N) is 3. The first kappa shape index (κ1) is 65.7. The Hall–Kier alpha value is -2.46. The number of unbranched alkanes of at least 4 members (excludes halogenated alkanes) is 24. The Morgan fingerprint density at radius 1 is 0.486 bits per heavy atom. The van der Waals surface area contributed by atoms with Crippen LogP contribution in [0.25, 0.3) is 0 Å². The number of rotatable bonds is 53. The Balaban J connectivity index is 1.85. The summed E-state index contributed by atoms with van der Waals surface area (Å²) < 4.78 is 11.9. The summed E-state index contributed by atoms with van der Waals surface area (Å²) in [6.45, 7) is 15.5. The summed E-state index contributed by atoms with van der Waals surface area (Å²) in [5.74, 6) is 0.920. The minimum atomic E-state index is -0.422. The summed E-state index contributed by atoms with van der Waals surface area (Å²) in [6.07, 6.45) is 46.6. The maximum atomic E-state index is 13.0. The van der Waals surface area contributed by atoms with Crippen LogP contribution in [-0.4, -0.2) is 94.4 Å². The molecule has 0 atom stereocenters. The van der Waals surface area contributed by atoms with Gasteiger partial charge in [-0.3, -0.25) is 24.1 Å². The molecule has 0 unspecified atom stereocenters. The van der Waals surface area contributed by atoms with E-state index in [1.807, 2.05) is 0 Å². The summed E-state index contributed by atoms with van der Waals surface area (Å²) in [4.78, 5) is 57.5. The predicted molar refractivity (Wildman–Crippen MR) is 308 cm³/mol. The van der Waals surface area contributed by atoms with Gasteiger partial charge in [0.05, 0.1) is 13.2 Å². The molecule has 72 heavy (non-hydrogen) atoms. The third-order valence-corrected chi connectivity index (χ3v) is 15.9. The smallest absolute Gasteiger partial charge is 0.305 e. The van der Waals surface area contributed by atoms with E-state index in [1.165, 1.54) is 199 Å². The molecular weight excluding hydrogens is 897 g/mol. The number of carbonyl (C=O) groups is 2. The molecule has 1 aliphatic carbocycles. The normalized spacial score (nSPS) is 13.0. The fraction of sp³-hybridized carbons (Fsp3) is 0.903. The molecule has 1 aliphatic rings. The molecule has 0 spiro atoms. The van der Waals surface area contributed by atoms with E-state index < -0.39 is 10.9 Å². The van der Waals surface area contributed by atoms with Crippen molar-refractivity contribution in [1.29, 1.82) is 0 Å². The average Bonchev–Trinajstić information content (AvgIpc) is 3.35. The van der Waals surface area contributed by atoms with Crippen molar-refractivity contribution in [1.82, 2.24) is 9.80 Å². The molecule has 0 saturated heterocycles. The van der Waals surface area contributed by atoms with E-state index in [2.05, 4.69) is 42.8 Å². The van der Waals surface area contributed by atoms with E-state index in [9.17, 15) is 19.2 Å². The van der Waals surface area contributed by atoms with Gasteiger partial charge in [-0.2, -0.15) is 0 Å². The third kappa shape index (κ3) is 32.1. The highest BCUT2D eigenvalue weighted by Crippen LogP contribution is 2.26. The van der Waals surface area contributed by atoms with Crippen molar-refractivity contribution >= 4 is 23.3 Å². The highest BCUT2D eigenvalue weighted by molar-refractivity contribution is 5.74. The molecular formula is C62H116N4O6. The van der Waals surface area contributed by atoms with Gasteiger partial charge in [-0.1, -0.05) is 201 Å². The fourth-order valence-electron chi connectivity index (χ4n) is 10.7. The molecule has 1 aromatic rings. The lowest BCUT2D eigenvalue weighted by atomic mass is 9.91. The van der Waals surface area contributed by atoms with Crippen LogP contribution in [0.15, 0.2) is 9.59 Å². The predicted octanol–water partition coefficient (Wildman–Crippen LogP) is 15.4. The summed E-state index contributed by atoms with van der Waals surface area (Å²) in [5, 5.41) is 3.30. The third-order valence-electron chi connectivity index (χ3n) is 15.9. The maximum Gasteiger partial charge on any atom is 0.305 e. The molecule has 420 valence electrons. The summed E-state index contributed by atoms with van der Waals surface area (Å²) in [6, 6.07) is 0.624. The largest absolute Gasteiger partial charge is 0.465 e. The van der Waals surface area contributed by atoms with Crippen molar-refractivity contribution in [2.24, 2.45) is 11.8 Å². The van der Waals surface area contributed by atoms with Gasteiger partial charge < -0.3 is 24.6 Å². The number of esters is 2. The van der Waals surface area contributed by atoms with Crippen LogP contribution >= 0.6 is 0 Å². The fourth-order valence-corrected chi connectivity index (χ4v) is 10.7. The van der Waals surface area contributed by atoms with Gasteiger partial charge in [0.2, 0.25) is 0 Å². The molecule has 0 heterocycles.